The number of hydrogen-bond acceptors (Lipinski definition) is 7. The fraction of sp³-hybridized carbons (Fsp3) is 0.333. The molecule has 1 heterocycles. The smallest absolute Gasteiger partial charge is 0.251 e. The second-order valence-corrected chi connectivity index (χ2v) is 6.72. The molecule has 0 aliphatic carbocycles. The van der Waals surface area contributed by atoms with E-state index in [1.807, 2.05) is 6.07 Å². The molecule has 152 valence electrons. The first-order chi connectivity index (χ1) is 14.0. The Bertz CT molecular complexity index is 878. The van der Waals surface area contributed by atoms with E-state index >= 15 is 0 Å². The molecular formula is C21H22N2O6. The third-order valence-corrected chi connectivity index (χ3v) is 4.94. The van der Waals surface area contributed by atoms with Crippen LogP contribution in [0.4, 0.5) is 0 Å². The molecule has 0 bridgehead atoms. The number of aliphatic hydroxyl groups excluding tert-OH is 3. The number of nitrogens with one attached hydrogen (secondary N) is 1. The van der Waals surface area contributed by atoms with Crippen LogP contribution in [0.1, 0.15) is 27.6 Å². The summed E-state index contributed by atoms with van der Waals surface area (Å²) in [5.74, 6) is 0.136. The Labute approximate surface area is 167 Å². The van der Waals surface area contributed by atoms with Crippen LogP contribution in [0.3, 0.4) is 0 Å². The van der Waals surface area contributed by atoms with Gasteiger partial charge in [-0.25, -0.2) is 0 Å². The number of carbonyl (C=O) groups is 1. The lowest BCUT2D eigenvalue weighted by molar-refractivity contribution is -0.195. The molecule has 0 spiro atoms. The van der Waals surface area contributed by atoms with Crippen LogP contribution < -0.4 is 10.1 Å². The van der Waals surface area contributed by atoms with E-state index in [-0.39, 0.29) is 0 Å². The number of ether oxygens (including phenoxy) is 2. The lowest BCUT2D eigenvalue weighted by atomic mass is 9.88. The molecule has 1 aliphatic rings. The third-order valence-electron chi connectivity index (χ3n) is 4.94. The third kappa shape index (κ3) is 4.39. The van der Waals surface area contributed by atoms with Gasteiger partial charge in [0.15, 0.2) is 0 Å². The van der Waals surface area contributed by atoms with Gasteiger partial charge in [-0.15, -0.1) is 0 Å². The summed E-state index contributed by atoms with van der Waals surface area (Å²) in [6.45, 7) is -0.485. The highest BCUT2D eigenvalue weighted by Gasteiger charge is 2.45. The zero-order valence-electron chi connectivity index (χ0n) is 15.7. The number of benzene rings is 2. The molecule has 3 rings (SSSR count). The van der Waals surface area contributed by atoms with E-state index < -0.39 is 43.0 Å². The molecular weight excluding hydrogens is 376 g/mol. The molecule has 0 radical (unpaired) electrons. The second-order valence-electron chi connectivity index (χ2n) is 6.72. The van der Waals surface area contributed by atoms with Gasteiger partial charge in [0.25, 0.3) is 5.91 Å². The van der Waals surface area contributed by atoms with Gasteiger partial charge in [0, 0.05) is 5.56 Å². The zero-order chi connectivity index (χ0) is 21.0. The molecule has 29 heavy (non-hydrogen) atoms. The van der Waals surface area contributed by atoms with Crippen molar-refractivity contribution in [2.24, 2.45) is 0 Å². The van der Waals surface area contributed by atoms with Gasteiger partial charge in [0.1, 0.15) is 30.2 Å². The highest BCUT2D eigenvalue weighted by molar-refractivity contribution is 5.94. The first-order valence-corrected chi connectivity index (χ1v) is 9.06. The molecule has 8 nitrogen and oxygen atoms in total. The predicted molar refractivity (Wildman–Crippen MR) is 102 cm³/mol. The summed E-state index contributed by atoms with van der Waals surface area (Å²) >= 11 is 0. The van der Waals surface area contributed by atoms with Crippen molar-refractivity contribution in [1.82, 2.24) is 5.32 Å². The Hall–Kier alpha value is -2.96. The minimum absolute atomic E-state index is 0.295. The van der Waals surface area contributed by atoms with E-state index in [4.69, 9.17) is 14.7 Å². The molecule has 1 saturated heterocycles. The molecule has 0 aromatic heterocycles. The number of methoxy groups -OCH3 is 1. The number of nitriles is 1. The fourth-order valence-electron chi connectivity index (χ4n) is 3.29. The van der Waals surface area contributed by atoms with Crippen molar-refractivity contribution in [3.63, 3.8) is 0 Å². The normalized spacial score (nSPS) is 26.4. The summed E-state index contributed by atoms with van der Waals surface area (Å²) in [6, 6.07) is 13.9. The standard InChI is InChI=1S/C21H22N2O6/c1-28-15-8-6-13(7-9-15)20-17(19(26)18(25)16(11-24)29-20)23-21(27)14-4-2-12(10-22)3-5-14/h2-9,16-20,24-26H,11H2,1H3,(H,23,27)/t16-,17-,18+,19-,20+/m1/s1. The minimum Gasteiger partial charge on any atom is -0.497 e. The Morgan fingerprint density at radius 1 is 1.14 bits per heavy atom. The average molecular weight is 398 g/mol. The molecule has 5 atom stereocenters. The Morgan fingerprint density at radius 3 is 2.34 bits per heavy atom. The first kappa shape index (κ1) is 20.8. The molecule has 1 aliphatic heterocycles. The van der Waals surface area contributed by atoms with Crippen molar-refractivity contribution in [3.05, 3.63) is 65.2 Å². The molecule has 1 fully saturated rings. The Balaban J connectivity index is 1.88. The van der Waals surface area contributed by atoms with Crippen molar-refractivity contribution in [1.29, 1.82) is 5.26 Å². The van der Waals surface area contributed by atoms with Crippen molar-refractivity contribution in [2.75, 3.05) is 13.7 Å². The van der Waals surface area contributed by atoms with Crippen LogP contribution in [0.2, 0.25) is 0 Å². The molecule has 2 aromatic carbocycles. The van der Waals surface area contributed by atoms with E-state index in [0.717, 1.165) is 0 Å². The van der Waals surface area contributed by atoms with Gasteiger partial charge in [0.2, 0.25) is 0 Å². The SMILES string of the molecule is COc1ccc([C@@H]2O[C@H](CO)[C@H](O)[C@H](O)[C@H]2NC(=O)c2ccc(C#N)cc2)cc1. The van der Waals surface area contributed by atoms with Gasteiger partial charge in [0.05, 0.1) is 31.4 Å². The van der Waals surface area contributed by atoms with Crippen LogP contribution in [-0.2, 0) is 4.74 Å². The summed E-state index contributed by atoms with van der Waals surface area (Å²) in [5, 5.41) is 42.0. The topological polar surface area (TPSA) is 132 Å². The number of aliphatic hydroxyl groups is 3. The minimum atomic E-state index is -1.37. The first-order valence-electron chi connectivity index (χ1n) is 9.06. The van der Waals surface area contributed by atoms with Gasteiger partial charge in [-0.1, -0.05) is 12.1 Å². The van der Waals surface area contributed by atoms with E-state index in [9.17, 15) is 20.1 Å². The lowest BCUT2D eigenvalue weighted by Gasteiger charge is -2.43. The second kappa shape index (κ2) is 9.03. The van der Waals surface area contributed by atoms with E-state index in [0.29, 0.717) is 22.4 Å². The fourth-order valence-corrected chi connectivity index (χ4v) is 3.29. The molecule has 0 unspecified atom stereocenters. The van der Waals surface area contributed by atoms with Crippen LogP contribution in [-0.4, -0.2) is 59.3 Å². The quantitative estimate of drug-likeness (QED) is 0.577. The van der Waals surface area contributed by atoms with Crippen LogP contribution >= 0.6 is 0 Å². The maximum Gasteiger partial charge on any atom is 0.251 e. The van der Waals surface area contributed by atoms with Crippen LogP contribution in [0.25, 0.3) is 0 Å². The molecule has 1 amide bonds. The zero-order valence-corrected chi connectivity index (χ0v) is 15.7. The van der Waals surface area contributed by atoms with Crippen molar-refractivity contribution in [3.8, 4) is 11.8 Å². The van der Waals surface area contributed by atoms with E-state index in [2.05, 4.69) is 5.32 Å². The van der Waals surface area contributed by atoms with Crippen LogP contribution in [0.5, 0.6) is 5.75 Å². The maximum absolute atomic E-state index is 12.7. The number of hydrogen-bond donors (Lipinski definition) is 4. The number of amides is 1. The van der Waals surface area contributed by atoms with Gasteiger partial charge in [-0.3, -0.25) is 4.79 Å². The average Bonchev–Trinajstić information content (AvgIpc) is 2.77. The summed E-state index contributed by atoms with van der Waals surface area (Å²) in [6.07, 6.45) is -4.55. The van der Waals surface area contributed by atoms with Crippen molar-refractivity contribution >= 4 is 5.91 Å². The molecule has 0 saturated carbocycles. The number of rotatable bonds is 5. The predicted octanol–water partition coefficient (Wildman–Crippen LogP) is 0.519. The monoisotopic (exact) mass is 398 g/mol. The molecule has 8 heteroatoms. The number of carbonyl (C=O) groups excluding carboxylic acids is 1. The molecule has 2 aromatic rings. The summed E-state index contributed by atoms with van der Waals surface area (Å²) in [4.78, 5) is 12.7. The van der Waals surface area contributed by atoms with Gasteiger partial charge < -0.3 is 30.1 Å². The van der Waals surface area contributed by atoms with Crippen molar-refractivity contribution < 1.29 is 29.6 Å². The summed E-state index contributed by atoms with van der Waals surface area (Å²) in [5.41, 5.74) is 1.35. The lowest BCUT2D eigenvalue weighted by Crippen LogP contribution is -2.61. The Kier molecular flexibility index (Phi) is 6.46. The Morgan fingerprint density at radius 2 is 1.79 bits per heavy atom. The van der Waals surface area contributed by atoms with Gasteiger partial charge in [-0.05, 0) is 42.0 Å². The maximum atomic E-state index is 12.7. The van der Waals surface area contributed by atoms with Crippen LogP contribution in [0.15, 0.2) is 48.5 Å². The van der Waals surface area contributed by atoms with Gasteiger partial charge in [-0.2, -0.15) is 5.26 Å². The van der Waals surface area contributed by atoms with Gasteiger partial charge >= 0.3 is 0 Å². The highest BCUT2D eigenvalue weighted by Crippen LogP contribution is 2.33. The van der Waals surface area contributed by atoms with E-state index in [1.165, 1.54) is 31.4 Å². The largest absolute Gasteiger partial charge is 0.497 e. The molecule has 4 N–H and O–H groups in total. The van der Waals surface area contributed by atoms with Crippen molar-refractivity contribution in [2.45, 2.75) is 30.5 Å². The summed E-state index contributed by atoms with van der Waals surface area (Å²) < 4.78 is 10.9. The summed E-state index contributed by atoms with van der Waals surface area (Å²) in [7, 11) is 1.54. The number of nitrogens with zero attached hydrogens (tertiary/aromatic N) is 1. The van der Waals surface area contributed by atoms with Crippen LogP contribution in [0, 0.1) is 11.3 Å². The van der Waals surface area contributed by atoms with E-state index in [1.54, 1.807) is 24.3 Å². The highest BCUT2D eigenvalue weighted by atomic mass is 16.5.